The van der Waals surface area contributed by atoms with Gasteiger partial charge in [0.05, 0.1) is 17.8 Å². The van der Waals surface area contributed by atoms with Crippen LogP contribution in [-0.2, 0) is 0 Å². The van der Waals surface area contributed by atoms with Crippen molar-refractivity contribution in [3.63, 3.8) is 0 Å². The molecule has 2 rings (SSSR count). The van der Waals surface area contributed by atoms with Crippen LogP contribution >= 0.6 is 11.6 Å². The molecule has 1 aromatic heterocycles. The molecular weight excluding hydrogens is 254 g/mol. The van der Waals surface area contributed by atoms with Gasteiger partial charge in [-0.15, -0.1) is 0 Å². The zero-order chi connectivity index (χ0) is 13.1. The number of nitrogens with two attached hydrogens (primary N) is 1. The highest BCUT2D eigenvalue weighted by atomic mass is 35.5. The monoisotopic (exact) mass is 263 g/mol. The van der Waals surface area contributed by atoms with E-state index in [0.29, 0.717) is 22.0 Å². The first-order chi connectivity index (χ1) is 8.61. The molecule has 0 atom stereocenters. The number of hydrogen-bond acceptors (Lipinski definition) is 4. The molecule has 2 N–H and O–H groups in total. The maximum atomic E-state index is 11.0. The van der Waals surface area contributed by atoms with E-state index in [-0.39, 0.29) is 5.82 Å². The van der Waals surface area contributed by atoms with Crippen LogP contribution in [0.4, 0.5) is 0 Å². The SMILES string of the molecule is COc1ccc(-c2ccnc(C(N)=O)n2)c(Cl)c1. The zero-order valence-electron chi connectivity index (χ0n) is 9.55. The van der Waals surface area contributed by atoms with Gasteiger partial charge in [0, 0.05) is 11.8 Å². The Labute approximate surface area is 109 Å². The van der Waals surface area contributed by atoms with Crippen LogP contribution in [0, 0.1) is 0 Å². The molecule has 0 aliphatic carbocycles. The third-order valence-electron chi connectivity index (χ3n) is 2.33. The molecule has 2 aromatic rings. The van der Waals surface area contributed by atoms with E-state index in [1.54, 1.807) is 31.4 Å². The number of aromatic nitrogens is 2. The molecule has 0 spiro atoms. The molecule has 92 valence electrons. The van der Waals surface area contributed by atoms with E-state index in [9.17, 15) is 4.79 Å². The Morgan fingerprint density at radius 2 is 2.17 bits per heavy atom. The van der Waals surface area contributed by atoms with E-state index in [0.717, 1.165) is 0 Å². The number of benzene rings is 1. The quantitative estimate of drug-likeness (QED) is 0.917. The highest BCUT2D eigenvalue weighted by Crippen LogP contribution is 2.29. The molecule has 1 amide bonds. The van der Waals surface area contributed by atoms with Crippen LogP contribution in [0.25, 0.3) is 11.3 Å². The second-order valence-electron chi connectivity index (χ2n) is 3.48. The molecule has 0 aliphatic heterocycles. The lowest BCUT2D eigenvalue weighted by Gasteiger charge is -2.06. The van der Waals surface area contributed by atoms with Crippen molar-refractivity contribution in [2.75, 3.05) is 7.11 Å². The van der Waals surface area contributed by atoms with Gasteiger partial charge in [-0.1, -0.05) is 11.6 Å². The Morgan fingerprint density at radius 3 is 2.78 bits per heavy atom. The highest BCUT2D eigenvalue weighted by Gasteiger charge is 2.10. The number of carbonyl (C=O) groups is 1. The largest absolute Gasteiger partial charge is 0.497 e. The van der Waals surface area contributed by atoms with Gasteiger partial charge in [0.2, 0.25) is 5.82 Å². The van der Waals surface area contributed by atoms with Gasteiger partial charge in [-0.3, -0.25) is 4.79 Å². The van der Waals surface area contributed by atoms with Crippen molar-refractivity contribution in [3.05, 3.63) is 41.3 Å². The molecule has 5 nitrogen and oxygen atoms in total. The summed E-state index contributed by atoms with van der Waals surface area (Å²) in [6.07, 6.45) is 1.46. The van der Waals surface area contributed by atoms with Crippen LogP contribution in [0.2, 0.25) is 5.02 Å². The number of nitrogens with zero attached hydrogens (tertiary/aromatic N) is 2. The van der Waals surface area contributed by atoms with Crippen molar-refractivity contribution < 1.29 is 9.53 Å². The first kappa shape index (κ1) is 12.3. The van der Waals surface area contributed by atoms with Crippen LogP contribution in [0.5, 0.6) is 5.75 Å². The van der Waals surface area contributed by atoms with Crippen molar-refractivity contribution >= 4 is 17.5 Å². The van der Waals surface area contributed by atoms with Crippen molar-refractivity contribution in [1.29, 1.82) is 0 Å². The average Bonchev–Trinajstić information content (AvgIpc) is 2.38. The Bertz CT molecular complexity index is 602. The van der Waals surface area contributed by atoms with E-state index >= 15 is 0 Å². The van der Waals surface area contributed by atoms with Gasteiger partial charge in [-0.2, -0.15) is 0 Å². The summed E-state index contributed by atoms with van der Waals surface area (Å²) in [5.74, 6) is -0.0752. The molecule has 0 bridgehead atoms. The standard InChI is InChI=1S/C12H10ClN3O2/c1-18-7-2-3-8(9(13)6-7)10-4-5-15-12(16-10)11(14)17/h2-6H,1H3,(H2,14,17). The number of ether oxygens (including phenoxy) is 1. The Balaban J connectivity index is 2.48. The van der Waals surface area contributed by atoms with Gasteiger partial charge >= 0.3 is 0 Å². The number of amides is 1. The van der Waals surface area contributed by atoms with Crippen LogP contribution in [0.3, 0.4) is 0 Å². The molecule has 18 heavy (non-hydrogen) atoms. The third kappa shape index (κ3) is 2.41. The summed E-state index contributed by atoms with van der Waals surface area (Å²) < 4.78 is 5.06. The lowest BCUT2D eigenvalue weighted by Crippen LogP contribution is -2.15. The van der Waals surface area contributed by atoms with Crippen molar-refractivity contribution in [2.45, 2.75) is 0 Å². The summed E-state index contributed by atoms with van der Waals surface area (Å²) in [5, 5.41) is 0.475. The minimum Gasteiger partial charge on any atom is -0.497 e. The molecule has 0 radical (unpaired) electrons. The first-order valence-electron chi connectivity index (χ1n) is 5.08. The number of hydrogen-bond donors (Lipinski definition) is 1. The number of carbonyl (C=O) groups excluding carboxylic acids is 1. The number of primary amides is 1. The van der Waals surface area contributed by atoms with Crippen molar-refractivity contribution in [2.24, 2.45) is 5.73 Å². The van der Waals surface area contributed by atoms with E-state index < -0.39 is 5.91 Å². The molecule has 1 aromatic carbocycles. The Kier molecular flexibility index (Phi) is 3.43. The summed E-state index contributed by atoms with van der Waals surface area (Å²) in [6.45, 7) is 0. The third-order valence-corrected chi connectivity index (χ3v) is 2.64. The smallest absolute Gasteiger partial charge is 0.286 e. The summed E-state index contributed by atoms with van der Waals surface area (Å²) in [7, 11) is 1.56. The average molecular weight is 264 g/mol. The normalized spacial score (nSPS) is 10.1. The maximum Gasteiger partial charge on any atom is 0.286 e. The number of halogens is 1. The fourth-order valence-corrected chi connectivity index (χ4v) is 1.73. The van der Waals surface area contributed by atoms with Crippen LogP contribution in [-0.4, -0.2) is 23.0 Å². The molecule has 0 aliphatic rings. The lowest BCUT2D eigenvalue weighted by atomic mass is 10.1. The molecule has 0 unspecified atom stereocenters. The number of methoxy groups -OCH3 is 1. The molecule has 0 fully saturated rings. The molecule has 6 heteroatoms. The van der Waals surface area contributed by atoms with E-state index in [2.05, 4.69) is 9.97 Å². The topological polar surface area (TPSA) is 78.1 Å². The second kappa shape index (κ2) is 5.01. The Hall–Kier alpha value is -2.14. The predicted molar refractivity (Wildman–Crippen MR) is 67.5 cm³/mol. The van der Waals surface area contributed by atoms with Gasteiger partial charge in [-0.05, 0) is 24.3 Å². The van der Waals surface area contributed by atoms with Gasteiger partial charge in [-0.25, -0.2) is 9.97 Å². The molecule has 0 saturated heterocycles. The first-order valence-corrected chi connectivity index (χ1v) is 5.46. The fourth-order valence-electron chi connectivity index (χ4n) is 1.46. The number of rotatable bonds is 3. The maximum absolute atomic E-state index is 11.0. The molecule has 0 saturated carbocycles. The zero-order valence-corrected chi connectivity index (χ0v) is 10.3. The van der Waals surface area contributed by atoms with Gasteiger partial charge in [0.15, 0.2) is 0 Å². The minimum atomic E-state index is -0.679. The second-order valence-corrected chi connectivity index (χ2v) is 3.88. The van der Waals surface area contributed by atoms with Gasteiger partial charge in [0.25, 0.3) is 5.91 Å². The van der Waals surface area contributed by atoms with Crippen LogP contribution in [0.1, 0.15) is 10.6 Å². The van der Waals surface area contributed by atoms with E-state index in [4.69, 9.17) is 22.1 Å². The van der Waals surface area contributed by atoms with Gasteiger partial charge in [0.1, 0.15) is 5.75 Å². The van der Waals surface area contributed by atoms with Crippen LogP contribution in [0.15, 0.2) is 30.5 Å². The minimum absolute atomic E-state index is 0.0422. The Morgan fingerprint density at radius 1 is 1.39 bits per heavy atom. The molecule has 1 heterocycles. The summed E-state index contributed by atoms with van der Waals surface area (Å²) in [5.41, 5.74) is 6.34. The van der Waals surface area contributed by atoms with Crippen LogP contribution < -0.4 is 10.5 Å². The van der Waals surface area contributed by atoms with E-state index in [1.165, 1.54) is 6.20 Å². The van der Waals surface area contributed by atoms with Gasteiger partial charge < -0.3 is 10.5 Å². The van der Waals surface area contributed by atoms with E-state index in [1.807, 2.05) is 0 Å². The predicted octanol–water partition coefficient (Wildman–Crippen LogP) is 1.90. The summed E-state index contributed by atoms with van der Waals surface area (Å²) in [4.78, 5) is 18.8. The van der Waals surface area contributed by atoms with Crippen molar-refractivity contribution in [3.8, 4) is 17.0 Å². The molecular formula is C12H10ClN3O2. The van der Waals surface area contributed by atoms with Crippen molar-refractivity contribution in [1.82, 2.24) is 9.97 Å². The fraction of sp³-hybridized carbons (Fsp3) is 0.0833. The summed E-state index contributed by atoms with van der Waals surface area (Å²) in [6, 6.07) is 6.84. The summed E-state index contributed by atoms with van der Waals surface area (Å²) >= 11 is 6.12. The lowest BCUT2D eigenvalue weighted by molar-refractivity contribution is 0.0990. The highest BCUT2D eigenvalue weighted by molar-refractivity contribution is 6.33.